The third-order valence-electron chi connectivity index (χ3n) is 3.47. The van der Waals surface area contributed by atoms with Gasteiger partial charge in [0.2, 0.25) is 5.91 Å². The van der Waals surface area contributed by atoms with Gasteiger partial charge in [0.1, 0.15) is 0 Å². The van der Waals surface area contributed by atoms with Gasteiger partial charge < -0.3 is 20.7 Å². The van der Waals surface area contributed by atoms with E-state index >= 15 is 0 Å². The summed E-state index contributed by atoms with van der Waals surface area (Å²) in [5.41, 5.74) is 0.830. The third kappa shape index (κ3) is 6.28. The lowest BCUT2D eigenvalue weighted by Gasteiger charge is -2.23. The van der Waals surface area contributed by atoms with Crippen molar-refractivity contribution >= 4 is 41.5 Å². The zero-order chi connectivity index (χ0) is 16.7. The molecule has 0 saturated carbocycles. The van der Waals surface area contributed by atoms with Gasteiger partial charge in [0.05, 0.1) is 24.5 Å². The second-order valence-corrected chi connectivity index (χ2v) is 5.86. The molecule has 8 heteroatoms. The molecule has 1 unspecified atom stereocenters. The van der Waals surface area contributed by atoms with Crippen LogP contribution < -0.4 is 16.0 Å². The lowest BCUT2D eigenvalue weighted by Crippen LogP contribution is -2.43. The molecule has 134 valence electrons. The maximum Gasteiger partial charge on any atom is 0.253 e. The van der Waals surface area contributed by atoms with E-state index in [2.05, 4.69) is 16.0 Å². The Kier molecular flexibility index (Phi) is 9.07. The topological polar surface area (TPSA) is 79.5 Å². The highest BCUT2D eigenvalue weighted by atomic mass is 35.5. The number of benzene rings is 1. The van der Waals surface area contributed by atoms with Gasteiger partial charge in [-0.05, 0) is 24.6 Å². The average molecular weight is 376 g/mol. The summed E-state index contributed by atoms with van der Waals surface area (Å²) in [7, 11) is 0. The van der Waals surface area contributed by atoms with Gasteiger partial charge in [0, 0.05) is 30.6 Å². The van der Waals surface area contributed by atoms with Gasteiger partial charge in [-0.2, -0.15) is 0 Å². The zero-order valence-electron chi connectivity index (χ0n) is 13.6. The summed E-state index contributed by atoms with van der Waals surface area (Å²) in [6.45, 7) is 4.46. The van der Waals surface area contributed by atoms with Crippen molar-refractivity contribution in [2.24, 2.45) is 0 Å². The summed E-state index contributed by atoms with van der Waals surface area (Å²) in [6, 6.07) is 4.82. The molecular weight excluding hydrogens is 353 g/mol. The SMILES string of the molecule is CCCNC(=O)c1ccc(Cl)cc1NC(=O)CC1COCCN1.Cl. The van der Waals surface area contributed by atoms with Gasteiger partial charge in [0.25, 0.3) is 5.91 Å². The standard InChI is InChI=1S/C16H22ClN3O3.ClH/c1-2-5-19-16(22)13-4-3-11(17)8-14(13)20-15(21)9-12-10-23-7-6-18-12;/h3-4,8,12,18H,2,5-7,9-10H2,1H3,(H,19,22)(H,20,21);1H. The minimum absolute atomic E-state index is 0. The van der Waals surface area contributed by atoms with Crippen LogP contribution in [0.15, 0.2) is 18.2 Å². The van der Waals surface area contributed by atoms with Crippen LogP contribution in [0.3, 0.4) is 0 Å². The smallest absolute Gasteiger partial charge is 0.253 e. The van der Waals surface area contributed by atoms with Crippen LogP contribution in [0.4, 0.5) is 5.69 Å². The highest BCUT2D eigenvalue weighted by Gasteiger charge is 2.19. The number of rotatable bonds is 6. The largest absolute Gasteiger partial charge is 0.378 e. The molecule has 0 bridgehead atoms. The van der Waals surface area contributed by atoms with Crippen LogP contribution in [-0.2, 0) is 9.53 Å². The first-order valence-corrected chi connectivity index (χ1v) is 8.16. The molecule has 3 N–H and O–H groups in total. The first-order valence-electron chi connectivity index (χ1n) is 7.79. The molecule has 0 radical (unpaired) electrons. The van der Waals surface area contributed by atoms with Crippen molar-refractivity contribution in [3.05, 3.63) is 28.8 Å². The number of ether oxygens (including phenoxy) is 1. The number of carbonyl (C=O) groups excluding carboxylic acids is 2. The second kappa shape index (κ2) is 10.5. The van der Waals surface area contributed by atoms with E-state index in [1.807, 2.05) is 6.92 Å². The van der Waals surface area contributed by atoms with E-state index in [1.54, 1.807) is 18.2 Å². The molecule has 1 heterocycles. The van der Waals surface area contributed by atoms with Gasteiger partial charge >= 0.3 is 0 Å². The fourth-order valence-electron chi connectivity index (χ4n) is 2.33. The van der Waals surface area contributed by atoms with E-state index < -0.39 is 0 Å². The molecule has 1 aliphatic heterocycles. The van der Waals surface area contributed by atoms with Crippen molar-refractivity contribution in [3.63, 3.8) is 0 Å². The zero-order valence-corrected chi connectivity index (χ0v) is 15.1. The van der Waals surface area contributed by atoms with E-state index in [4.69, 9.17) is 16.3 Å². The third-order valence-corrected chi connectivity index (χ3v) is 3.70. The first-order chi connectivity index (χ1) is 11.1. The molecule has 0 aromatic heterocycles. The maximum atomic E-state index is 12.2. The predicted octanol–water partition coefficient (Wildman–Crippen LogP) is 2.22. The molecule has 0 aliphatic carbocycles. The molecule has 0 spiro atoms. The van der Waals surface area contributed by atoms with Crippen LogP contribution in [0.5, 0.6) is 0 Å². The fraction of sp³-hybridized carbons (Fsp3) is 0.500. The van der Waals surface area contributed by atoms with Crippen LogP contribution >= 0.6 is 24.0 Å². The van der Waals surface area contributed by atoms with E-state index in [0.29, 0.717) is 36.0 Å². The van der Waals surface area contributed by atoms with Crippen molar-refractivity contribution in [1.82, 2.24) is 10.6 Å². The number of carbonyl (C=O) groups is 2. The number of halogens is 2. The summed E-state index contributed by atoms with van der Waals surface area (Å²) in [5, 5.41) is 9.26. The van der Waals surface area contributed by atoms with Gasteiger partial charge in [-0.25, -0.2) is 0 Å². The Morgan fingerprint density at radius 1 is 1.42 bits per heavy atom. The Hall–Kier alpha value is -1.34. The van der Waals surface area contributed by atoms with Crippen LogP contribution in [0.2, 0.25) is 5.02 Å². The molecule has 2 amide bonds. The molecule has 1 aliphatic rings. The minimum atomic E-state index is -0.224. The summed E-state index contributed by atoms with van der Waals surface area (Å²) in [6.07, 6.45) is 1.12. The van der Waals surface area contributed by atoms with Crippen LogP contribution in [0, 0.1) is 0 Å². The number of hydrogen-bond donors (Lipinski definition) is 3. The highest BCUT2D eigenvalue weighted by Crippen LogP contribution is 2.21. The molecule has 6 nitrogen and oxygen atoms in total. The molecule has 1 aromatic rings. The average Bonchev–Trinajstić information content (AvgIpc) is 2.53. The van der Waals surface area contributed by atoms with Crippen molar-refractivity contribution in [1.29, 1.82) is 0 Å². The van der Waals surface area contributed by atoms with Crippen LogP contribution in [0.25, 0.3) is 0 Å². The van der Waals surface area contributed by atoms with Crippen molar-refractivity contribution in [3.8, 4) is 0 Å². The van der Waals surface area contributed by atoms with Crippen LogP contribution in [-0.4, -0.2) is 44.2 Å². The summed E-state index contributed by atoms with van der Waals surface area (Å²) >= 11 is 5.99. The van der Waals surface area contributed by atoms with Gasteiger partial charge in [-0.15, -0.1) is 12.4 Å². The summed E-state index contributed by atoms with van der Waals surface area (Å²) in [4.78, 5) is 24.4. The molecule has 1 atom stereocenters. The second-order valence-electron chi connectivity index (χ2n) is 5.42. The van der Waals surface area contributed by atoms with Gasteiger partial charge in [-0.3, -0.25) is 9.59 Å². The lowest BCUT2D eigenvalue weighted by molar-refractivity contribution is -0.117. The van der Waals surface area contributed by atoms with E-state index in [1.165, 1.54) is 0 Å². The minimum Gasteiger partial charge on any atom is -0.378 e. The summed E-state index contributed by atoms with van der Waals surface area (Å²) < 4.78 is 5.33. The molecule has 1 saturated heterocycles. The number of morpholine rings is 1. The Bertz CT molecular complexity index is 563. The number of anilines is 1. The number of nitrogens with one attached hydrogen (secondary N) is 3. The quantitative estimate of drug-likeness (QED) is 0.711. The molecule has 24 heavy (non-hydrogen) atoms. The lowest BCUT2D eigenvalue weighted by atomic mass is 10.1. The molecule has 1 aromatic carbocycles. The Labute approximate surface area is 153 Å². The van der Waals surface area contributed by atoms with E-state index in [-0.39, 0.29) is 36.7 Å². The first kappa shape index (κ1) is 20.7. The monoisotopic (exact) mass is 375 g/mol. The Morgan fingerprint density at radius 3 is 2.88 bits per heavy atom. The fourth-order valence-corrected chi connectivity index (χ4v) is 2.50. The Balaban J connectivity index is 0.00000288. The summed E-state index contributed by atoms with van der Waals surface area (Å²) in [5.74, 6) is -0.405. The van der Waals surface area contributed by atoms with Gasteiger partial charge in [0.15, 0.2) is 0 Å². The molecule has 1 fully saturated rings. The highest BCUT2D eigenvalue weighted by molar-refractivity contribution is 6.31. The normalized spacial score (nSPS) is 16.8. The molecule has 2 rings (SSSR count). The molecular formula is C16H23Cl2N3O3. The van der Waals surface area contributed by atoms with Crippen LogP contribution in [0.1, 0.15) is 30.1 Å². The Morgan fingerprint density at radius 2 is 2.21 bits per heavy atom. The maximum absolute atomic E-state index is 12.2. The van der Waals surface area contributed by atoms with E-state index in [0.717, 1.165) is 13.0 Å². The number of amides is 2. The van der Waals surface area contributed by atoms with Crippen molar-refractivity contribution in [2.75, 3.05) is 31.6 Å². The number of hydrogen-bond acceptors (Lipinski definition) is 4. The van der Waals surface area contributed by atoms with E-state index in [9.17, 15) is 9.59 Å². The predicted molar refractivity (Wildman–Crippen MR) is 97.2 cm³/mol. The van der Waals surface area contributed by atoms with Gasteiger partial charge in [-0.1, -0.05) is 18.5 Å². The van der Waals surface area contributed by atoms with Crippen molar-refractivity contribution < 1.29 is 14.3 Å². The van der Waals surface area contributed by atoms with Crippen molar-refractivity contribution in [2.45, 2.75) is 25.8 Å².